The van der Waals surface area contributed by atoms with Crippen LogP contribution in [0.4, 0.5) is 0 Å². The Morgan fingerprint density at radius 2 is 1.17 bits per heavy atom. The molecule has 0 saturated heterocycles. The Morgan fingerprint density at radius 3 is 1.70 bits per heavy atom. The lowest BCUT2D eigenvalue weighted by Crippen LogP contribution is -2.39. The number of hydrogen-bond acceptors (Lipinski definition) is 7. The third-order valence-corrected chi connectivity index (χ3v) is 10.2. The van der Waals surface area contributed by atoms with Gasteiger partial charge in [-0.1, -0.05) is 116 Å². The summed E-state index contributed by atoms with van der Waals surface area (Å²) in [6, 6.07) is 4.91. The van der Waals surface area contributed by atoms with Crippen LogP contribution >= 0.6 is 11.8 Å². The first kappa shape index (κ1) is 42.1. The van der Waals surface area contributed by atoms with Crippen molar-refractivity contribution in [3.63, 3.8) is 0 Å². The van der Waals surface area contributed by atoms with Crippen LogP contribution in [0.1, 0.15) is 162 Å². The number of rotatable bonds is 29. The van der Waals surface area contributed by atoms with E-state index in [1.165, 1.54) is 96.0 Å². The average Bonchev–Trinajstić information content (AvgIpc) is 3.03. The molecule has 7 heteroatoms. The minimum atomic E-state index is -0.768. The summed E-state index contributed by atoms with van der Waals surface area (Å²) in [6.45, 7) is 10.6. The fourth-order valence-corrected chi connectivity index (χ4v) is 6.73. The second-order valence-corrected chi connectivity index (χ2v) is 15.3. The minimum Gasteiger partial charge on any atom is -0.504 e. The van der Waals surface area contributed by atoms with Crippen molar-refractivity contribution in [2.45, 2.75) is 163 Å². The lowest BCUT2D eigenvalue weighted by Gasteiger charge is -2.33. The smallest absolute Gasteiger partial charge is 0.311 e. The van der Waals surface area contributed by atoms with Gasteiger partial charge >= 0.3 is 11.9 Å². The number of unbranched alkanes of at least 4 members (excludes halogenated alkanes) is 15. The summed E-state index contributed by atoms with van der Waals surface area (Å²) in [7, 11) is 0. The molecule has 1 rings (SSSR count). The number of phenolic OH excluding ortho intramolecular Hbond substituents is 2. The van der Waals surface area contributed by atoms with Crippen molar-refractivity contribution in [3.8, 4) is 11.5 Å². The highest BCUT2D eigenvalue weighted by molar-refractivity contribution is 7.99. The predicted octanol–water partition coefficient (Wildman–Crippen LogP) is 10.9. The summed E-state index contributed by atoms with van der Waals surface area (Å²) >= 11 is 1.72. The predicted molar refractivity (Wildman–Crippen MR) is 194 cm³/mol. The summed E-state index contributed by atoms with van der Waals surface area (Å²) < 4.78 is 11.3. The molecule has 0 radical (unpaired) electrons. The highest BCUT2D eigenvalue weighted by Gasteiger charge is 2.42. The average molecular weight is 665 g/mol. The van der Waals surface area contributed by atoms with E-state index in [1.54, 1.807) is 17.8 Å². The lowest BCUT2D eigenvalue weighted by molar-refractivity contribution is -0.162. The molecule has 1 atom stereocenters. The molecule has 0 aliphatic carbocycles. The standard InChI is InChI=1S/C39H68O6S/c1-6-8-9-10-11-12-13-14-15-16-17-18-19-20-21-22-27-44-36(42)38(3,4)32-39(5,7-2)37(43)45-28-30-46-29-23-24-33-25-26-34(40)35(41)31-33/h25-26,31,40-41H,6-24,27-30,32H2,1-5H3. The minimum absolute atomic E-state index is 0.0946. The topological polar surface area (TPSA) is 93.1 Å². The molecule has 46 heavy (non-hydrogen) atoms. The Morgan fingerprint density at radius 1 is 0.652 bits per heavy atom. The first-order valence-corrected chi connectivity index (χ1v) is 19.6. The zero-order chi connectivity index (χ0) is 34.1. The van der Waals surface area contributed by atoms with Crippen molar-refractivity contribution >= 4 is 23.7 Å². The van der Waals surface area contributed by atoms with Crippen LogP contribution in [0.3, 0.4) is 0 Å². The molecular formula is C39H68O6S. The van der Waals surface area contributed by atoms with Crippen molar-refractivity contribution < 1.29 is 29.3 Å². The van der Waals surface area contributed by atoms with Crippen LogP contribution in [0.5, 0.6) is 11.5 Å². The van der Waals surface area contributed by atoms with Gasteiger partial charge in [-0.25, -0.2) is 0 Å². The van der Waals surface area contributed by atoms with Crippen molar-refractivity contribution in [1.29, 1.82) is 0 Å². The number of ether oxygens (including phenoxy) is 2. The van der Waals surface area contributed by atoms with Crippen molar-refractivity contribution in [3.05, 3.63) is 23.8 Å². The molecule has 1 aromatic carbocycles. The van der Waals surface area contributed by atoms with E-state index in [4.69, 9.17) is 9.47 Å². The Balaban J connectivity index is 2.12. The zero-order valence-corrected chi connectivity index (χ0v) is 31.0. The summed E-state index contributed by atoms with van der Waals surface area (Å²) in [6.07, 6.45) is 23.7. The molecule has 6 nitrogen and oxygen atoms in total. The van der Waals surface area contributed by atoms with Crippen LogP contribution in [-0.2, 0) is 25.5 Å². The van der Waals surface area contributed by atoms with Gasteiger partial charge in [0.05, 0.1) is 17.4 Å². The summed E-state index contributed by atoms with van der Waals surface area (Å²) in [5.74, 6) is 0.916. The molecule has 0 spiro atoms. The van der Waals surface area contributed by atoms with Crippen LogP contribution in [-0.4, -0.2) is 46.9 Å². The number of aromatic hydroxyl groups is 2. The Bertz CT molecular complexity index is 948. The number of benzene rings is 1. The van der Waals surface area contributed by atoms with Crippen LogP contribution in [0.15, 0.2) is 18.2 Å². The van der Waals surface area contributed by atoms with Crippen molar-refractivity contribution in [2.24, 2.45) is 10.8 Å². The fraction of sp³-hybridized carbons (Fsp3) is 0.795. The number of carbonyl (C=O) groups is 2. The SMILES string of the molecule is CCCCCCCCCCCCCCCCCCOC(=O)C(C)(C)CC(C)(CC)C(=O)OCCSCCCc1ccc(O)c(O)c1. The molecule has 0 aromatic heterocycles. The van der Waals surface area contributed by atoms with E-state index in [2.05, 4.69) is 6.92 Å². The third-order valence-electron chi connectivity index (χ3n) is 9.14. The molecule has 1 aromatic rings. The molecule has 266 valence electrons. The maximum absolute atomic E-state index is 13.0. The van der Waals surface area contributed by atoms with E-state index in [0.29, 0.717) is 31.8 Å². The highest BCUT2D eigenvalue weighted by Crippen LogP contribution is 2.38. The molecule has 0 bridgehead atoms. The monoisotopic (exact) mass is 664 g/mol. The Hall–Kier alpha value is -1.89. The number of carbonyl (C=O) groups excluding carboxylic acids is 2. The van der Waals surface area contributed by atoms with Gasteiger partial charge in [0.15, 0.2) is 11.5 Å². The summed E-state index contributed by atoms with van der Waals surface area (Å²) in [5.41, 5.74) is -0.536. The molecule has 0 saturated carbocycles. The lowest BCUT2D eigenvalue weighted by atomic mass is 9.72. The summed E-state index contributed by atoms with van der Waals surface area (Å²) in [5, 5.41) is 19.0. The molecule has 1 unspecified atom stereocenters. The van der Waals surface area contributed by atoms with Gasteiger partial charge in [-0.3, -0.25) is 9.59 Å². The first-order valence-electron chi connectivity index (χ1n) is 18.5. The van der Waals surface area contributed by atoms with Crippen LogP contribution in [0.25, 0.3) is 0 Å². The van der Waals surface area contributed by atoms with Gasteiger partial charge < -0.3 is 19.7 Å². The van der Waals surface area contributed by atoms with Gasteiger partial charge in [-0.15, -0.1) is 0 Å². The largest absolute Gasteiger partial charge is 0.504 e. The maximum Gasteiger partial charge on any atom is 0.311 e. The number of thioether (sulfide) groups is 1. The van der Waals surface area contributed by atoms with Gasteiger partial charge in [0, 0.05) is 5.75 Å². The second-order valence-electron chi connectivity index (χ2n) is 14.1. The Kier molecular flexibility index (Phi) is 23.1. The van der Waals surface area contributed by atoms with Gasteiger partial charge in [0.1, 0.15) is 6.61 Å². The quantitative estimate of drug-likeness (QED) is 0.0500. The van der Waals surface area contributed by atoms with Gasteiger partial charge in [-0.2, -0.15) is 11.8 Å². The zero-order valence-electron chi connectivity index (χ0n) is 30.1. The number of hydrogen-bond donors (Lipinski definition) is 2. The Labute approximate surface area is 286 Å². The first-order chi connectivity index (χ1) is 22.1. The van der Waals surface area contributed by atoms with E-state index in [1.807, 2.05) is 33.8 Å². The van der Waals surface area contributed by atoms with E-state index in [-0.39, 0.29) is 23.4 Å². The second kappa shape index (κ2) is 25.2. The van der Waals surface area contributed by atoms with E-state index in [0.717, 1.165) is 37.0 Å². The van der Waals surface area contributed by atoms with Crippen molar-refractivity contribution in [1.82, 2.24) is 0 Å². The van der Waals surface area contributed by atoms with Crippen LogP contribution in [0.2, 0.25) is 0 Å². The molecule has 2 N–H and O–H groups in total. The van der Waals surface area contributed by atoms with Gasteiger partial charge in [0.25, 0.3) is 0 Å². The number of esters is 2. The molecule has 0 fully saturated rings. The maximum atomic E-state index is 13.0. The number of phenols is 2. The fourth-order valence-electron chi connectivity index (χ4n) is 5.97. The third kappa shape index (κ3) is 19.1. The molecule has 0 amide bonds. The van der Waals surface area contributed by atoms with E-state index >= 15 is 0 Å². The molecule has 0 heterocycles. The molecule has 0 aliphatic rings. The van der Waals surface area contributed by atoms with Crippen LogP contribution in [0, 0.1) is 10.8 Å². The van der Waals surface area contributed by atoms with E-state index in [9.17, 15) is 19.8 Å². The van der Waals surface area contributed by atoms with Gasteiger partial charge in [-0.05, 0) is 76.3 Å². The highest BCUT2D eigenvalue weighted by atomic mass is 32.2. The van der Waals surface area contributed by atoms with Crippen molar-refractivity contribution in [2.75, 3.05) is 24.7 Å². The molecule has 0 aliphatic heterocycles. The van der Waals surface area contributed by atoms with Crippen LogP contribution < -0.4 is 0 Å². The molecular weight excluding hydrogens is 596 g/mol. The van der Waals surface area contributed by atoms with E-state index < -0.39 is 10.8 Å². The number of aryl methyl sites for hydroxylation is 1. The normalized spacial score (nSPS) is 13.0. The summed E-state index contributed by atoms with van der Waals surface area (Å²) in [4.78, 5) is 26.0. The van der Waals surface area contributed by atoms with Gasteiger partial charge in [0.2, 0.25) is 0 Å².